The van der Waals surface area contributed by atoms with Gasteiger partial charge in [0.1, 0.15) is 0 Å². The summed E-state index contributed by atoms with van der Waals surface area (Å²) in [6.45, 7) is 1.29. The number of halogens is 2. The first kappa shape index (κ1) is 14.0. The molecule has 0 heterocycles. The maximum atomic E-state index is 13.9. The van der Waals surface area contributed by atoms with Crippen molar-refractivity contribution in [2.24, 2.45) is 0 Å². The Morgan fingerprint density at radius 2 is 1.75 bits per heavy atom. The fourth-order valence-corrected chi connectivity index (χ4v) is 1.94. The minimum Gasteiger partial charge on any atom is -0.479 e. The Morgan fingerprint density at radius 1 is 1.10 bits per heavy atom. The van der Waals surface area contributed by atoms with Crippen molar-refractivity contribution in [3.8, 4) is 0 Å². The monoisotopic (exact) mass is 277 g/mol. The van der Waals surface area contributed by atoms with E-state index in [-0.39, 0.29) is 5.56 Å². The van der Waals surface area contributed by atoms with Crippen LogP contribution in [0, 0.1) is 11.6 Å². The van der Waals surface area contributed by atoms with E-state index < -0.39 is 23.1 Å². The maximum absolute atomic E-state index is 13.9. The lowest BCUT2D eigenvalue weighted by Gasteiger charge is -2.28. The van der Waals surface area contributed by atoms with Crippen molar-refractivity contribution < 1.29 is 18.7 Å². The summed E-state index contributed by atoms with van der Waals surface area (Å²) in [6, 6.07) is 12.0. The molecule has 2 rings (SSSR count). The van der Waals surface area contributed by atoms with Gasteiger partial charge >= 0.3 is 5.97 Å². The fourth-order valence-electron chi connectivity index (χ4n) is 1.94. The van der Waals surface area contributed by atoms with E-state index in [1.165, 1.54) is 19.1 Å². The summed E-state index contributed by atoms with van der Waals surface area (Å²) in [5.41, 5.74) is -1.53. The van der Waals surface area contributed by atoms with Crippen LogP contribution in [0.15, 0.2) is 48.5 Å². The Hall–Kier alpha value is -2.43. The number of rotatable bonds is 4. The van der Waals surface area contributed by atoms with Crippen LogP contribution in [-0.4, -0.2) is 11.1 Å². The number of nitrogens with one attached hydrogen (secondary N) is 1. The van der Waals surface area contributed by atoms with Gasteiger partial charge in [-0.25, -0.2) is 13.6 Å². The molecule has 1 unspecified atom stereocenters. The van der Waals surface area contributed by atoms with Gasteiger partial charge in [-0.1, -0.05) is 30.3 Å². The largest absolute Gasteiger partial charge is 0.479 e. The molecule has 1 atom stereocenters. The summed E-state index contributed by atoms with van der Waals surface area (Å²) >= 11 is 0. The van der Waals surface area contributed by atoms with Crippen molar-refractivity contribution in [2.75, 3.05) is 5.32 Å². The molecule has 0 bridgehead atoms. The summed E-state index contributed by atoms with van der Waals surface area (Å²) in [7, 11) is 0. The molecule has 0 spiro atoms. The van der Waals surface area contributed by atoms with Crippen LogP contribution in [0.4, 0.5) is 14.5 Å². The quantitative estimate of drug-likeness (QED) is 0.900. The minimum absolute atomic E-state index is 0.256. The zero-order chi connectivity index (χ0) is 14.8. The number of carbonyl (C=O) groups is 1. The topological polar surface area (TPSA) is 49.3 Å². The van der Waals surface area contributed by atoms with Crippen LogP contribution >= 0.6 is 0 Å². The second-order valence-electron chi connectivity index (χ2n) is 4.52. The fraction of sp³-hybridized carbons (Fsp3) is 0.133. The molecule has 0 aliphatic rings. The molecule has 0 saturated heterocycles. The molecule has 104 valence electrons. The van der Waals surface area contributed by atoms with E-state index in [9.17, 15) is 18.7 Å². The predicted octanol–water partition coefficient (Wildman–Crippen LogP) is 3.38. The average molecular weight is 277 g/mol. The molecule has 2 N–H and O–H groups in total. The molecule has 2 aromatic rings. The summed E-state index contributed by atoms with van der Waals surface area (Å²) in [5.74, 6) is -3.54. The Labute approximate surface area is 114 Å². The number of aliphatic carboxylic acids is 1. The predicted molar refractivity (Wildman–Crippen MR) is 71.4 cm³/mol. The van der Waals surface area contributed by atoms with Gasteiger partial charge in [-0.05, 0) is 25.1 Å². The second-order valence-corrected chi connectivity index (χ2v) is 4.52. The van der Waals surface area contributed by atoms with E-state index in [0.29, 0.717) is 5.69 Å². The Morgan fingerprint density at radius 3 is 2.35 bits per heavy atom. The molecule has 0 aromatic heterocycles. The van der Waals surface area contributed by atoms with Crippen molar-refractivity contribution in [1.29, 1.82) is 0 Å². The third-order valence-corrected chi connectivity index (χ3v) is 3.09. The van der Waals surface area contributed by atoms with Crippen molar-refractivity contribution in [1.82, 2.24) is 0 Å². The highest BCUT2D eigenvalue weighted by Gasteiger charge is 2.38. The van der Waals surface area contributed by atoms with E-state index in [0.717, 1.165) is 6.07 Å². The Kier molecular flexibility index (Phi) is 3.70. The first-order chi connectivity index (χ1) is 9.45. The minimum atomic E-state index is -1.77. The van der Waals surface area contributed by atoms with Crippen molar-refractivity contribution in [3.05, 3.63) is 65.7 Å². The third-order valence-electron chi connectivity index (χ3n) is 3.09. The molecule has 0 aliphatic heterocycles. The highest BCUT2D eigenvalue weighted by Crippen LogP contribution is 2.29. The van der Waals surface area contributed by atoms with Gasteiger partial charge in [-0.15, -0.1) is 0 Å². The standard InChI is InChI=1S/C15H13F2NO2/c1-15(14(19)20,18-10-6-3-2-4-7-10)11-8-5-9-12(16)13(11)17/h2-9,18H,1H3,(H,19,20). The number of carboxylic acids is 1. The molecule has 3 nitrogen and oxygen atoms in total. The molecule has 2 aromatic carbocycles. The summed E-state index contributed by atoms with van der Waals surface area (Å²) in [5, 5.41) is 12.1. The van der Waals surface area contributed by atoms with Gasteiger partial charge < -0.3 is 10.4 Å². The average Bonchev–Trinajstić information content (AvgIpc) is 2.42. The third kappa shape index (κ3) is 2.47. The van der Waals surface area contributed by atoms with Crippen LogP contribution in [0.25, 0.3) is 0 Å². The van der Waals surface area contributed by atoms with Crippen LogP contribution in [-0.2, 0) is 10.3 Å². The van der Waals surface area contributed by atoms with Gasteiger partial charge in [-0.2, -0.15) is 0 Å². The van der Waals surface area contributed by atoms with E-state index in [2.05, 4.69) is 5.32 Å². The molecular formula is C15H13F2NO2. The molecule has 20 heavy (non-hydrogen) atoms. The maximum Gasteiger partial charge on any atom is 0.333 e. The lowest BCUT2D eigenvalue weighted by molar-refractivity contribution is -0.142. The van der Waals surface area contributed by atoms with Crippen LogP contribution in [0.5, 0.6) is 0 Å². The van der Waals surface area contributed by atoms with E-state index >= 15 is 0 Å². The Bertz CT molecular complexity index is 631. The van der Waals surface area contributed by atoms with E-state index in [4.69, 9.17) is 0 Å². The van der Waals surface area contributed by atoms with Gasteiger partial charge in [-0.3, -0.25) is 0 Å². The van der Waals surface area contributed by atoms with Crippen LogP contribution in [0.3, 0.4) is 0 Å². The zero-order valence-electron chi connectivity index (χ0n) is 10.7. The van der Waals surface area contributed by atoms with E-state index in [1.54, 1.807) is 30.3 Å². The molecule has 0 saturated carbocycles. The van der Waals surface area contributed by atoms with Crippen molar-refractivity contribution >= 4 is 11.7 Å². The number of carboxylic acid groups (broad SMARTS) is 1. The number of anilines is 1. The smallest absolute Gasteiger partial charge is 0.333 e. The number of para-hydroxylation sites is 1. The lowest BCUT2D eigenvalue weighted by Crippen LogP contribution is -2.41. The van der Waals surface area contributed by atoms with Gasteiger partial charge in [0.05, 0.1) is 0 Å². The zero-order valence-corrected chi connectivity index (χ0v) is 10.7. The molecule has 0 radical (unpaired) electrons. The number of hydrogen-bond donors (Lipinski definition) is 2. The Balaban J connectivity index is 2.50. The van der Waals surface area contributed by atoms with Gasteiger partial charge in [0.15, 0.2) is 17.2 Å². The summed E-state index contributed by atoms with van der Waals surface area (Å²) < 4.78 is 27.2. The van der Waals surface area contributed by atoms with Gasteiger partial charge in [0.25, 0.3) is 0 Å². The normalized spacial score (nSPS) is 13.6. The molecular weight excluding hydrogens is 264 g/mol. The highest BCUT2D eigenvalue weighted by atomic mass is 19.2. The van der Waals surface area contributed by atoms with Gasteiger partial charge in [0, 0.05) is 11.3 Å². The first-order valence-electron chi connectivity index (χ1n) is 5.96. The number of benzene rings is 2. The number of hydrogen-bond acceptors (Lipinski definition) is 2. The van der Waals surface area contributed by atoms with Crippen LogP contribution < -0.4 is 5.32 Å². The molecule has 0 amide bonds. The lowest BCUT2D eigenvalue weighted by atomic mass is 9.91. The van der Waals surface area contributed by atoms with Crippen LogP contribution in [0.1, 0.15) is 12.5 Å². The molecule has 0 fully saturated rings. The van der Waals surface area contributed by atoms with E-state index in [1.807, 2.05) is 0 Å². The first-order valence-corrected chi connectivity index (χ1v) is 5.96. The highest BCUT2D eigenvalue weighted by molar-refractivity contribution is 5.84. The molecule has 5 heteroatoms. The van der Waals surface area contributed by atoms with Gasteiger partial charge in [0.2, 0.25) is 0 Å². The SMILES string of the molecule is CC(Nc1ccccc1)(C(=O)O)c1cccc(F)c1F. The summed E-state index contributed by atoms with van der Waals surface area (Å²) in [6.07, 6.45) is 0. The van der Waals surface area contributed by atoms with Crippen molar-refractivity contribution in [2.45, 2.75) is 12.5 Å². The summed E-state index contributed by atoms with van der Waals surface area (Å²) in [4.78, 5) is 11.5. The second kappa shape index (κ2) is 5.28. The molecule has 0 aliphatic carbocycles. The van der Waals surface area contributed by atoms with Crippen molar-refractivity contribution in [3.63, 3.8) is 0 Å². The van der Waals surface area contributed by atoms with Crippen LogP contribution in [0.2, 0.25) is 0 Å².